The van der Waals surface area contributed by atoms with Crippen molar-refractivity contribution in [3.05, 3.63) is 53.2 Å². The smallest absolute Gasteiger partial charge is 0.244 e. The van der Waals surface area contributed by atoms with E-state index in [1.165, 1.54) is 13.1 Å². The molecule has 0 spiro atoms. The third-order valence-electron chi connectivity index (χ3n) is 2.74. The number of ketones is 1. The number of aromatic nitrogens is 1. The second-order valence-corrected chi connectivity index (χ2v) is 4.80. The normalized spacial score (nSPS) is 10.0. The number of hydrogen-bond donors (Lipinski definition) is 2. The quantitative estimate of drug-likeness (QED) is 0.833. The third-order valence-corrected chi connectivity index (χ3v) is 2.96. The average Bonchev–Trinajstić information content (AvgIpc) is 2.48. The Morgan fingerprint density at radius 2 is 1.95 bits per heavy atom. The van der Waals surface area contributed by atoms with Gasteiger partial charge >= 0.3 is 0 Å². The summed E-state index contributed by atoms with van der Waals surface area (Å²) in [5.41, 5.74) is 1.18. The van der Waals surface area contributed by atoms with Crippen molar-refractivity contribution in [3.63, 3.8) is 0 Å². The molecule has 1 heterocycles. The Bertz CT molecular complexity index is 656. The first-order valence-corrected chi connectivity index (χ1v) is 6.69. The molecule has 0 aliphatic heterocycles. The molecule has 6 heteroatoms. The summed E-state index contributed by atoms with van der Waals surface area (Å²) in [6, 6.07) is 10.3. The van der Waals surface area contributed by atoms with Crippen LogP contribution in [-0.2, 0) is 4.79 Å². The molecule has 2 N–H and O–H groups in total. The summed E-state index contributed by atoms with van der Waals surface area (Å²) in [5, 5.41) is 6.07. The average molecular weight is 304 g/mol. The summed E-state index contributed by atoms with van der Waals surface area (Å²) in [4.78, 5) is 27.3. The zero-order valence-corrected chi connectivity index (χ0v) is 12.1. The first kappa shape index (κ1) is 15.0. The van der Waals surface area contributed by atoms with E-state index in [1.54, 1.807) is 36.4 Å². The monoisotopic (exact) mass is 303 g/mol. The Balaban J connectivity index is 1.95. The number of anilines is 2. The fourth-order valence-electron chi connectivity index (χ4n) is 1.76. The van der Waals surface area contributed by atoms with Crippen LogP contribution < -0.4 is 10.6 Å². The van der Waals surface area contributed by atoms with E-state index in [0.717, 1.165) is 0 Å². The molecule has 1 aromatic heterocycles. The van der Waals surface area contributed by atoms with Gasteiger partial charge in [0.1, 0.15) is 5.82 Å². The van der Waals surface area contributed by atoms with Crippen molar-refractivity contribution in [2.45, 2.75) is 6.92 Å². The van der Waals surface area contributed by atoms with Gasteiger partial charge in [0.05, 0.1) is 11.6 Å². The second-order valence-electron chi connectivity index (χ2n) is 4.37. The van der Waals surface area contributed by atoms with E-state index in [9.17, 15) is 9.59 Å². The van der Waals surface area contributed by atoms with Gasteiger partial charge in [-0.1, -0.05) is 23.7 Å². The molecule has 0 aliphatic carbocycles. The van der Waals surface area contributed by atoms with Gasteiger partial charge < -0.3 is 10.6 Å². The predicted octanol–water partition coefficient (Wildman–Crippen LogP) is 2.99. The Hall–Kier alpha value is -2.40. The lowest BCUT2D eigenvalue weighted by molar-refractivity contribution is -0.114. The van der Waals surface area contributed by atoms with E-state index < -0.39 is 0 Å². The van der Waals surface area contributed by atoms with E-state index in [0.29, 0.717) is 22.1 Å². The summed E-state index contributed by atoms with van der Waals surface area (Å²) in [6.07, 6.45) is 1.45. The highest BCUT2D eigenvalue weighted by Gasteiger charge is 2.08. The van der Waals surface area contributed by atoms with Crippen LogP contribution in [0, 0.1) is 0 Å². The standard InChI is InChI=1S/C15H14ClN3O2/c1-10(20)12-4-2-3-5-13(12)17-9-15(21)19-14-7-6-11(16)8-18-14/h2-8,17H,9H2,1H3,(H,18,19,21). The van der Waals surface area contributed by atoms with E-state index in [2.05, 4.69) is 15.6 Å². The van der Waals surface area contributed by atoms with Crippen molar-refractivity contribution in [2.75, 3.05) is 17.2 Å². The number of benzene rings is 1. The minimum atomic E-state index is -0.261. The Morgan fingerprint density at radius 3 is 2.62 bits per heavy atom. The van der Waals surface area contributed by atoms with Gasteiger partial charge in [-0.2, -0.15) is 0 Å². The summed E-state index contributed by atoms with van der Waals surface area (Å²) < 4.78 is 0. The molecule has 0 fully saturated rings. The number of carbonyl (C=O) groups is 2. The number of nitrogens with zero attached hydrogens (tertiary/aromatic N) is 1. The minimum Gasteiger partial charge on any atom is -0.376 e. The Morgan fingerprint density at radius 1 is 1.19 bits per heavy atom. The molecule has 21 heavy (non-hydrogen) atoms. The van der Waals surface area contributed by atoms with Crippen LogP contribution in [0.5, 0.6) is 0 Å². The molecule has 0 saturated carbocycles. The van der Waals surface area contributed by atoms with Gasteiger partial charge in [-0.3, -0.25) is 9.59 Å². The molecular weight excluding hydrogens is 290 g/mol. The first-order chi connectivity index (χ1) is 10.1. The van der Waals surface area contributed by atoms with Gasteiger partial charge in [-0.05, 0) is 31.2 Å². The van der Waals surface area contributed by atoms with Crippen molar-refractivity contribution >= 4 is 34.8 Å². The summed E-state index contributed by atoms with van der Waals surface area (Å²) in [5.74, 6) is 0.104. The lowest BCUT2D eigenvalue weighted by atomic mass is 10.1. The maximum Gasteiger partial charge on any atom is 0.244 e. The predicted molar refractivity (Wildman–Crippen MR) is 82.8 cm³/mol. The SMILES string of the molecule is CC(=O)c1ccccc1NCC(=O)Nc1ccc(Cl)cn1. The van der Waals surface area contributed by atoms with E-state index in [-0.39, 0.29) is 18.2 Å². The number of amides is 1. The van der Waals surface area contributed by atoms with Crippen LogP contribution in [0.4, 0.5) is 11.5 Å². The number of nitrogens with one attached hydrogen (secondary N) is 2. The second kappa shape index (κ2) is 6.85. The molecule has 0 aliphatic rings. The van der Waals surface area contributed by atoms with Crippen LogP contribution in [0.15, 0.2) is 42.6 Å². The molecule has 0 radical (unpaired) electrons. The summed E-state index contributed by atoms with van der Waals surface area (Å²) in [7, 11) is 0. The highest BCUT2D eigenvalue weighted by Crippen LogP contribution is 2.15. The Kier molecular flexibility index (Phi) is 4.90. The van der Waals surface area contributed by atoms with E-state index >= 15 is 0 Å². The molecule has 0 atom stereocenters. The molecule has 0 bridgehead atoms. The third kappa shape index (κ3) is 4.29. The number of rotatable bonds is 5. The number of para-hydroxylation sites is 1. The molecule has 0 saturated heterocycles. The van der Waals surface area contributed by atoms with Gasteiger partial charge in [0.15, 0.2) is 5.78 Å². The highest BCUT2D eigenvalue weighted by molar-refractivity contribution is 6.30. The number of Topliss-reactive ketones (excluding diaryl/α,β-unsaturated/α-hetero) is 1. The number of pyridine rings is 1. The van der Waals surface area contributed by atoms with Gasteiger partial charge in [-0.15, -0.1) is 0 Å². The van der Waals surface area contributed by atoms with E-state index in [1.807, 2.05) is 0 Å². The zero-order valence-electron chi connectivity index (χ0n) is 11.4. The molecule has 0 unspecified atom stereocenters. The van der Waals surface area contributed by atoms with Gasteiger partial charge in [0.25, 0.3) is 0 Å². The Labute approximate surface area is 127 Å². The van der Waals surface area contributed by atoms with Crippen molar-refractivity contribution < 1.29 is 9.59 Å². The summed E-state index contributed by atoms with van der Waals surface area (Å²) >= 11 is 5.72. The van der Waals surface area contributed by atoms with Crippen LogP contribution >= 0.6 is 11.6 Å². The van der Waals surface area contributed by atoms with Crippen molar-refractivity contribution in [3.8, 4) is 0 Å². The van der Waals surface area contributed by atoms with Gasteiger partial charge in [0.2, 0.25) is 5.91 Å². The zero-order chi connectivity index (χ0) is 15.2. The van der Waals surface area contributed by atoms with Crippen LogP contribution in [0.25, 0.3) is 0 Å². The van der Waals surface area contributed by atoms with Crippen LogP contribution in [0.3, 0.4) is 0 Å². The van der Waals surface area contributed by atoms with Crippen molar-refractivity contribution in [2.24, 2.45) is 0 Å². The fraction of sp³-hybridized carbons (Fsp3) is 0.133. The molecule has 1 aromatic carbocycles. The maximum absolute atomic E-state index is 11.8. The van der Waals surface area contributed by atoms with Gasteiger partial charge in [-0.25, -0.2) is 4.98 Å². The van der Waals surface area contributed by atoms with Crippen LogP contribution in [0.1, 0.15) is 17.3 Å². The topological polar surface area (TPSA) is 71.1 Å². The number of carbonyl (C=O) groups excluding carboxylic acids is 2. The fourth-order valence-corrected chi connectivity index (χ4v) is 1.87. The summed E-state index contributed by atoms with van der Waals surface area (Å²) in [6.45, 7) is 1.52. The number of hydrogen-bond acceptors (Lipinski definition) is 4. The maximum atomic E-state index is 11.8. The molecule has 2 rings (SSSR count). The largest absolute Gasteiger partial charge is 0.376 e. The number of halogens is 1. The molecule has 108 valence electrons. The first-order valence-electron chi connectivity index (χ1n) is 6.31. The molecule has 5 nitrogen and oxygen atoms in total. The van der Waals surface area contributed by atoms with Crippen molar-refractivity contribution in [1.29, 1.82) is 0 Å². The van der Waals surface area contributed by atoms with Crippen molar-refractivity contribution in [1.82, 2.24) is 4.98 Å². The van der Waals surface area contributed by atoms with Gasteiger partial charge in [0, 0.05) is 17.4 Å². The molecule has 2 aromatic rings. The minimum absolute atomic E-state index is 0.0363. The van der Waals surface area contributed by atoms with Crippen LogP contribution in [0.2, 0.25) is 5.02 Å². The van der Waals surface area contributed by atoms with E-state index in [4.69, 9.17) is 11.6 Å². The lowest BCUT2D eigenvalue weighted by Crippen LogP contribution is -2.22. The molecular formula is C15H14ClN3O2. The lowest BCUT2D eigenvalue weighted by Gasteiger charge is -2.10. The highest BCUT2D eigenvalue weighted by atomic mass is 35.5. The molecule has 1 amide bonds. The van der Waals surface area contributed by atoms with Crippen LogP contribution in [-0.4, -0.2) is 23.2 Å².